The number of hydrazine groups is 1. The van der Waals surface area contributed by atoms with E-state index in [4.69, 9.17) is 9.47 Å². The Balaban J connectivity index is 0.000000177. The predicted molar refractivity (Wildman–Crippen MR) is 183 cm³/mol. The highest BCUT2D eigenvalue weighted by Gasteiger charge is 2.27. The van der Waals surface area contributed by atoms with Crippen LogP contribution in [0.5, 0.6) is 5.88 Å². The molecule has 1 saturated heterocycles. The lowest BCUT2D eigenvalue weighted by Crippen LogP contribution is -2.41. The zero-order chi connectivity index (χ0) is 33.5. The Morgan fingerprint density at radius 2 is 1.90 bits per heavy atom. The summed E-state index contributed by atoms with van der Waals surface area (Å²) in [5.74, 6) is 1.52. The number of likely N-dealkylation sites (tertiary alicyclic amines) is 1. The van der Waals surface area contributed by atoms with Crippen molar-refractivity contribution in [3.05, 3.63) is 89.9 Å². The molecular formula is C35H41N9O4. The van der Waals surface area contributed by atoms with Gasteiger partial charge in [-0.05, 0) is 53.8 Å². The Morgan fingerprint density at radius 1 is 1.06 bits per heavy atom. The summed E-state index contributed by atoms with van der Waals surface area (Å²) in [6.07, 6.45) is 8.42. The van der Waals surface area contributed by atoms with Crippen molar-refractivity contribution in [2.24, 2.45) is 7.05 Å². The van der Waals surface area contributed by atoms with Gasteiger partial charge in [-0.25, -0.2) is 15.4 Å². The number of nitrogens with one attached hydrogen (secondary N) is 3. The van der Waals surface area contributed by atoms with E-state index in [0.717, 1.165) is 66.4 Å². The first-order valence-corrected chi connectivity index (χ1v) is 16.0. The lowest BCUT2D eigenvalue weighted by atomic mass is 9.98. The van der Waals surface area contributed by atoms with E-state index in [1.54, 1.807) is 31.4 Å². The summed E-state index contributed by atoms with van der Waals surface area (Å²) < 4.78 is 12.2. The Labute approximate surface area is 279 Å². The van der Waals surface area contributed by atoms with Crippen LogP contribution in [-0.2, 0) is 21.4 Å². The van der Waals surface area contributed by atoms with Crippen LogP contribution in [0.15, 0.2) is 73.2 Å². The van der Waals surface area contributed by atoms with Gasteiger partial charge in [-0.1, -0.05) is 30.3 Å². The molecule has 2 amide bonds. The minimum atomic E-state index is -0.0182. The van der Waals surface area contributed by atoms with Gasteiger partial charge in [0.15, 0.2) is 5.82 Å². The number of fused-ring (bicyclic) bond motifs is 1. The maximum absolute atomic E-state index is 12.6. The summed E-state index contributed by atoms with van der Waals surface area (Å²) in [5, 5.41) is 7.00. The summed E-state index contributed by atoms with van der Waals surface area (Å²) in [6.45, 7) is 3.75. The topological polar surface area (TPSA) is 139 Å². The average molecular weight is 652 g/mol. The second kappa shape index (κ2) is 15.2. The number of methoxy groups -OCH3 is 2. The third-order valence-corrected chi connectivity index (χ3v) is 8.84. The molecule has 13 nitrogen and oxygen atoms in total. The molecule has 3 aliphatic rings. The highest BCUT2D eigenvalue weighted by molar-refractivity contribution is 5.80. The molecule has 2 atom stereocenters. The zero-order valence-corrected chi connectivity index (χ0v) is 27.4. The van der Waals surface area contributed by atoms with Crippen LogP contribution in [0.1, 0.15) is 35.6 Å². The zero-order valence-electron chi connectivity index (χ0n) is 27.4. The Bertz CT molecular complexity index is 1760. The summed E-state index contributed by atoms with van der Waals surface area (Å²) in [5.41, 5.74) is 13.7. The molecule has 48 heavy (non-hydrogen) atoms. The molecular weight excluding hydrogens is 610 g/mol. The van der Waals surface area contributed by atoms with Crippen molar-refractivity contribution in [1.82, 2.24) is 35.0 Å². The van der Waals surface area contributed by atoms with E-state index in [2.05, 4.69) is 66.5 Å². The molecule has 0 aliphatic carbocycles. The monoisotopic (exact) mass is 651 g/mol. The van der Waals surface area contributed by atoms with Crippen molar-refractivity contribution in [2.75, 3.05) is 57.7 Å². The number of rotatable bonds is 9. The van der Waals surface area contributed by atoms with E-state index in [-0.39, 0.29) is 18.1 Å². The first kappa shape index (κ1) is 32.8. The van der Waals surface area contributed by atoms with Crippen LogP contribution >= 0.6 is 0 Å². The van der Waals surface area contributed by atoms with Gasteiger partial charge in [0.05, 0.1) is 31.5 Å². The molecule has 0 bridgehead atoms. The third-order valence-electron chi connectivity index (χ3n) is 8.84. The van der Waals surface area contributed by atoms with Crippen molar-refractivity contribution in [3.8, 4) is 17.3 Å². The van der Waals surface area contributed by atoms with E-state index >= 15 is 0 Å². The van der Waals surface area contributed by atoms with Gasteiger partial charge in [-0.15, -0.1) is 0 Å². The molecule has 4 aromatic rings. The fourth-order valence-electron chi connectivity index (χ4n) is 6.17. The van der Waals surface area contributed by atoms with Gasteiger partial charge in [0.1, 0.15) is 6.33 Å². The number of carbonyl (C=O) groups is 2. The van der Waals surface area contributed by atoms with Crippen molar-refractivity contribution in [3.63, 3.8) is 0 Å². The minimum Gasteiger partial charge on any atom is -0.481 e. The van der Waals surface area contributed by atoms with Gasteiger partial charge in [0, 0.05) is 69.4 Å². The number of benzene rings is 2. The number of aromatic nitrogens is 4. The first-order valence-electron chi connectivity index (χ1n) is 16.0. The summed E-state index contributed by atoms with van der Waals surface area (Å²) >= 11 is 0. The molecule has 2 aromatic heterocycles. The molecule has 5 heterocycles. The summed E-state index contributed by atoms with van der Waals surface area (Å²) in [6, 6.07) is 17.8. The van der Waals surface area contributed by atoms with Gasteiger partial charge in [-0.3, -0.25) is 19.2 Å². The molecule has 250 valence electrons. The number of hydrogen-bond donors (Lipinski definition) is 3. The fraction of sp³-hybridized carbons (Fsp3) is 0.343. The smallest absolute Gasteiger partial charge is 0.237 e. The Kier molecular flexibility index (Phi) is 10.4. The molecule has 7 rings (SSSR count). The second-order valence-corrected chi connectivity index (χ2v) is 11.9. The Hall–Kier alpha value is -5.11. The van der Waals surface area contributed by atoms with E-state index < -0.39 is 0 Å². The third kappa shape index (κ3) is 7.71. The molecule has 0 spiro atoms. The van der Waals surface area contributed by atoms with Crippen molar-refractivity contribution < 1.29 is 19.1 Å². The normalized spacial score (nSPS) is 18.6. The number of carbonyl (C=O) groups excluding carboxylic acids is 2. The van der Waals surface area contributed by atoms with Crippen molar-refractivity contribution in [1.29, 1.82) is 0 Å². The Morgan fingerprint density at radius 3 is 2.58 bits per heavy atom. The molecule has 3 aliphatic heterocycles. The van der Waals surface area contributed by atoms with E-state index in [1.807, 2.05) is 42.3 Å². The number of pyridine rings is 1. The molecule has 3 N–H and O–H groups in total. The number of ether oxygens (including phenoxy) is 2. The van der Waals surface area contributed by atoms with Crippen molar-refractivity contribution in [2.45, 2.75) is 25.0 Å². The maximum atomic E-state index is 12.6. The molecule has 0 saturated carbocycles. The van der Waals surface area contributed by atoms with Crippen LogP contribution in [0.3, 0.4) is 0 Å². The van der Waals surface area contributed by atoms with Crippen LogP contribution in [0.25, 0.3) is 17.0 Å². The molecule has 0 radical (unpaired) electrons. The number of amides is 2. The predicted octanol–water partition coefficient (Wildman–Crippen LogP) is 3.50. The molecule has 13 heteroatoms. The molecule has 2 aromatic carbocycles. The number of anilines is 2. The molecule has 1 fully saturated rings. The van der Waals surface area contributed by atoms with Crippen LogP contribution in [0.2, 0.25) is 0 Å². The number of aryl methyl sites for hydroxylation is 1. The lowest BCUT2D eigenvalue weighted by molar-refractivity contribution is -0.131. The summed E-state index contributed by atoms with van der Waals surface area (Å²) in [4.78, 5) is 35.7. The fourth-order valence-corrected chi connectivity index (χ4v) is 6.17. The van der Waals surface area contributed by atoms with E-state index in [9.17, 15) is 9.59 Å². The number of nitrogens with zero attached hydrogens (tertiary/aromatic N) is 6. The molecule has 1 unspecified atom stereocenters. The van der Waals surface area contributed by atoms with E-state index in [0.29, 0.717) is 25.4 Å². The lowest BCUT2D eigenvalue weighted by Gasteiger charge is -2.28. The minimum absolute atomic E-state index is 0.0182. The SMILES string of the molecule is CO[C@H]1CCN(CC(=O)N2CC=C(c3ccc(-c4ncn(C)n4)cc3)CC2)C1.COc1cc(C2NNc3ccc(NC=O)cc32)ccn1. The highest BCUT2D eigenvalue weighted by atomic mass is 16.5. The van der Waals surface area contributed by atoms with Crippen LogP contribution in [0.4, 0.5) is 11.4 Å². The van der Waals surface area contributed by atoms with Crippen LogP contribution in [-0.4, -0.2) is 94.9 Å². The van der Waals surface area contributed by atoms with Gasteiger partial charge >= 0.3 is 0 Å². The quantitative estimate of drug-likeness (QED) is 0.231. The van der Waals surface area contributed by atoms with Crippen LogP contribution in [0, 0.1) is 0 Å². The van der Waals surface area contributed by atoms with Gasteiger partial charge in [-0.2, -0.15) is 5.10 Å². The van der Waals surface area contributed by atoms with Gasteiger partial charge in [0.2, 0.25) is 18.2 Å². The number of hydrogen-bond acceptors (Lipinski definition) is 10. The second-order valence-electron chi connectivity index (χ2n) is 11.9. The van der Waals surface area contributed by atoms with Crippen molar-refractivity contribution >= 4 is 29.3 Å². The average Bonchev–Trinajstić information content (AvgIpc) is 3.89. The first-order chi connectivity index (χ1) is 23.4. The maximum Gasteiger partial charge on any atom is 0.237 e. The van der Waals surface area contributed by atoms with Gasteiger partial charge < -0.3 is 25.1 Å². The van der Waals surface area contributed by atoms with Crippen LogP contribution < -0.4 is 20.9 Å². The van der Waals surface area contributed by atoms with E-state index in [1.165, 1.54) is 11.1 Å². The largest absolute Gasteiger partial charge is 0.481 e. The highest BCUT2D eigenvalue weighted by Crippen LogP contribution is 2.35. The summed E-state index contributed by atoms with van der Waals surface area (Å²) in [7, 11) is 5.20. The standard InChI is InChI=1S/C21H27N5O2.C14H14N4O2/c1-24-15-22-21(23-24)18-5-3-16(4-6-18)17-7-11-26(12-8-17)20(27)14-25-10-9-19(13-25)28-2;1-20-13-6-9(4-5-15-13)14-11-7-10(16-8-19)2-3-12(11)17-18-14/h3-7,15,19H,8-14H2,1-2H3;2-8,14,17-18H,1H3,(H,16,19)/t19-;/m0./s1. The van der Waals surface area contributed by atoms with Gasteiger partial charge in [0.25, 0.3) is 0 Å².